The molecule has 1 amide bonds. The number of carbonyl (C=O) groups is 1. The van der Waals surface area contributed by atoms with Crippen LogP contribution in [0.1, 0.15) is 21.6 Å². The Labute approximate surface area is 181 Å². The summed E-state index contributed by atoms with van der Waals surface area (Å²) in [7, 11) is 0. The minimum atomic E-state index is -4.63. The Morgan fingerprint density at radius 3 is 2.28 bits per heavy atom. The number of rotatable bonds is 3. The van der Waals surface area contributed by atoms with Crippen molar-refractivity contribution < 1.29 is 22.4 Å². The fourth-order valence-electron chi connectivity index (χ4n) is 3.42. The molecule has 10 heteroatoms. The van der Waals surface area contributed by atoms with E-state index in [9.17, 15) is 22.4 Å². The minimum absolute atomic E-state index is 0.0501. The molecule has 32 heavy (non-hydrogen) atoms. The minimum Gasteiger partial charge on any atom is -0.353 e. The van der Waals surface area contributed by atoms with E-state index in [1.54, 1.807) is 28.9 Å². The molecule has 3 heterocycles. The summed E-state index contributed by atoms with van der Waals surface area (Å²) in [5.41, 5.74) is 0.0639. The van der Waals surface area contributed by atoms with E-state index in [1.807, 2.05) is 0 Å². The van der Waals surface area contributed by atoms with Gasteiger partial charge in [0.2, 0.25) is 0 Å². The molecular weight excluding hydrogens is 426 g/mol. The lowest BCUT2D eigenvalue weighted by Crippen LogP contribution is -2.49. The second-order valence-electron chi connectivity index (χ2n) is 7.41. The Balaban J connectivity index is 1.55. The lowest BCUT2D eigenvalue weighted by Gasteiger charge is -2.35. The number of amides is 1. The highest BCUT2D eigenvalue weighted by Crippen LogP contribution is 2.32. The number of anilines is 1. The Hall–Kier alpha value is -3.56. The molecule has 0 spiro atoms. The molecule has 0 bridgehead atoms. The van der Waals surface area contributed by atoms with Crippen molar-refractivity contribution in [3.05, 3.63) is 71.4 Å². The molecule has 1 aromatic carbocycles. The average molecular weight is 445 g/mol. The largest absolute Gasteiger partial charge is 0.433 e. The van der Waals surface area contributed by atoms with Crippen LogP contribution in [0.3, 0.4) is 0 Å². The van der Waals surface area contributed by atoms with Crippen molar-refractivity contribution in [1.82, 2.24) is 19.9 Å². The molecule has 1 aliphatic rings. The highest BCUT2D eigenvalue weighted by molar-refractivity contribution is 5.94. The molecule has 0 atom stereocenters. The van der Waals surface area contributed by atoms with E-state index in [0.717, 1.165) is 6.07 Å². The Morgan fingerprint density at radius 1 is 0.969 bits per heavy atom. The summed E-state index contributed by atoms with van der Waals surface area (Å²) in [6.07, 6.45) is -1.72. The summed E-state index contributed by atoms with van der Waals surface area (Å²) >= 11 is 0. The van der Waals surface area contributed by atoms with Gasteiger partial charge in [0.15, 0.2) is 11.5 Å². The van der Waals surface area contributed by atoms with Crippen molar-refractivity contribution in [3.8, 4) is 11.4 Å². The zero-order valence-electron chi connectivity index (χ0n) is 17.1. The predicted molar refractivity (Wildman–Crippen MR) is 110 cm³/mol. The van der Waals surface area contributed by atoms with Gasteiger partial charge in [0, 0.05) is 55.8 Å². The normalized spacial score (nSPS) is 14.5. The molecule has 3 aromatic rings. The Kier molecular flexibility index (Phi) is 5.77. The maximum absolute atomic E-state index is 13.8. The van der Waals surface area contributed by atoms with E-state index >= 15 is 0 Å². The van der Waals surface area contributed by atoms with E-state index in [4.69, 9.17) is 0 Å². The van der Waals surface area contributed by atoms with Crippen LogP contribution >= 0.6 is 0 Å². The van der Waals surface area contributed by atoms with Gasteiger partial charge in [-0.15, -0.1) is 0 Å². The molecule has 4 rings (SSSR count). The fourth-order valence-corrected chi connectivity index (χ4v) is 3.42. The number of aromatic nitrogens is 3. The summed E-state index contributed by atoms with van der Waals surface area (Å²) in [6.45, 7) is 2.71. The van der Waals surface area contributed by atoms with Crippen LogP contribution in [0.2, 0.25) is 0 Å². The van der Waals surface area contributed by atoms with Gasteiger partial charge in [0.05, 0.1) is 0 Å². The van der Waals surface area contributed by atoms with Gasteiger partial charge in [-0.2, -0.15) is 13.2 Å². The smallest absolute Gasteiger partial charge is 0.353 e. The number of pyridine rings is 1. The average Bonchev–Trinajstić information content (AvgIpc) is 2.80. The summed E-state index contributed by atoms with van der Waals surface area (Å²) in [4.78, 5) is 27.8. The first-order chi connectivity index (χ1) is 15.2. The van der Waals surface area contributed by atoms with Crippen LogP contribution < -0.4 is 4.90 Å². The van der Waals surface area contributed by atoms with E-state index in [0.29, 0.717) is 11.1 Å². The molecule has 0 saturated carbocycles. The predicted octanol–water partition coefficient (Wildman–Crippen LogP) is 3.97. The standard InChI is InChI=1S/C22H19F4N5O/c1-14-2-3-16(12-17(14)23)21(32)31-10-8-30(9-11-31)19-13-18(22(24,25)26)28-20(29-19)15-4-6-27-7-5-15/h2-7,12-13H,8-11H2,1H3. The Morgan fingerprint density at radius 2 is 1.66 bits per heavy atom. The third-order valence-electron chi connectivity index (χ3n) is 5.25. The summed E-state index contributed by atoms with van der Waals surface area (Å²) in [5.74, 6) is -0.697. The maximum atomic E-state index is 13.8. The summed E-state index contributed by atoms with van der Waals surface area (Å²) in [5, 5.41) is 0. The highest BCUT2D eigenvalue weighted by Gasteiger charge is 2.35. The van der Waals surface area contributed by atoms with Gasteiger partial charge in [0.25, 0.3) is 5.91 Å². The number of carbonyl (C=O) groups excluding carboxylic acids is 1. The molecule has 0 radical (unpaired) electrons. The van der Waals surface area contributed by atoms with Crippen molar-refractivity contribution in [2.24, 2.45) is 0 Å². The van der Waals surface area contributed by atoms with Crippen LogP contribution in [0.4, 0.5) is 23.4 Å². The number of benzene rings is 1. The molecule has 0 N–H and O–H groups in total. The molecule has 2 aromatic heterocycles. The van der Waals surface area contributed by atoms with Crippen LogP contribution in [0.15, 0.2) is 48.8 Å². The number of hydrogen-bond acceptors (Lipinski definition) is 5. The van der Waals surface area contributed by atoms with E-state index < -0.39 is 17.7 Å². The van der Waals surface area contributed by atoms with Crippen molar-refractivity contribution in [2.45, 2.75) is 13.1 Å². The van der Waals surface area contributed by atoms with Gasteiger partial charge < -0.3 is 9.80 Å². The molecule has 1 fully saturated rings. The molecule has 1 saturated heterocycles. The summed E-state index contributed by atoms with van der Waals surface area (Å²) < 4.78 is 54.1. The molecule has 166 valence electrons. The molecule has 0 unspecified atom stereocenters. The first kappa shape index (κ1) is 21.7. The SMILES string of the molecule is Cc1ccc(C(=O)N2CCN(c3cc(C(F)(F)F)nc(-c4ccncc4)n3)CC2)cc1F. The molecular formula is C22H19F4N5O. The third kappa shape index (κ3) is 4.53. The molecule has 1 aliphatic heterocycles. The second-order valence-corrected chi connectivity index (χ2v) is 7.41. The quantitative estimate of drug-likeness (QED) is 0.571. The van der Waals surface area contributed by atoms with Crippen molar-refractivity contribution in [3.63, 3.8) is 0 Å². The number of hydrogen-bond donors (Lipinski definition) is 0. The Bertz CT molecular complexity index is 1130. The van der Waals surface area contributed by atoms with Crippen molar-refractivity contribution in [1.29, 1.82) is 0 Å². The lowest BCUT2D eigenvalue weighted by atomic mass is 10.1. The van der Waals surface area contributed by atoms with Crippen LogP contribution in [0.25, 0.3) is 11.4 Å². The first-order valence-corrected chi connectivity index (χ1v) is 9.89. The maximum Gasteiger partial charge on any atom is 0.433 e. The number of alkyl halides is 3. The van der Waals surface area contributed by atoms with Gasteiger partial charge in [-0.1, -0.05) is 6.07 Å². The number of nitrogens with zero attached hydrogens (tertiary/aromatic N) is 5. The number of halogens is 4. The van der Waals surface area contributed by atoms with Crippen LogP contribution in [-0.4, -0.2) is 51.9 Å². The van der Waals surface area contributed by atoms with Gasteiger partial charge in [-0.25, -0.2) is 14.4 Å². The monoisotopic (exact) mass is 445 g/mol. The highest BCUT2D eigenvalue weighted by atomic mass is 19.4. The van der Waals surface area contributed by atoms with Gasteiger partial charge in [0.1, 0.15) is 11.6 Å². The van der Waals surface area contributed by atoms with E-state index in [-0.39, 0.29) is 49.3 Å². The van der Waals surface area contributed by atoms with Crippen LogP contribution in [0.5, 0.6) is 0 Å². The fraction of sp³-hybridized carbons (Fsp3) is 0.273. The lowest BCUT2D eigenvalue weighted by molar-refractivity contribution is -0.141. The molecule has 0 aliphatic carbocycles. The first-order valence-electron chi connectivity index (χ1n) is 9.89. The van der Waals surface area contributed by atoms with E-state index in [2.05, 4.69) is 15.0 Å². The molecule has 6 nitrogen and oxygen atoms in total. The van der Waals surface area contributed by atoms with E-state index in [1.165, 1.54) is 30.6 Å². The number of aryl methyl sites for hydroxylation is 1. The third-order valence-corrected chi connectivity index (χ3v) is 5.25. The van der Waals surface area contributed by atoms with Gasteiger partial charge >= 0.3 is 6.18 Å². The summed E-state index contributed by atoms with van der Waals surface area (Å²) in [6, 6.07) is 8.29. The zero-order chi connectivity index (χ0) is 22.9. The number of piperazine rings is 1. The van der Waals surface area contributed by atoms with Crippen LogP contribution in [-0.2, 0) is 6.18 Å². The van der Waals surface area contributed by atoms with Crippen molar-refractivity contribution in [2.75, 3.05) is 31.1 Å². The van der Waals surface area contributed by atoms with Crippen LogP contribution in [0, 0.1) is 12.7 Å². The van der Waals surface area contributed by atoms with Crippen molar-refractivity contribution >= 4 is 11.7 Å². The second kappa shape index (κ2) is 8.52. The zero-order valence-corrected chi connectivity index (χ0v) is 17.1. The van der Waals surface area contributed by atoms with Gasteiger partial charge in [-0.3, -0.25) is 9.78 Å². The topological polar surface area (TPSA) is 62.2 Å². The van der Waals surface area contributed by atoms with Gasteiger partial charge in [-0.05, 0) is 36.8 Å².